The van der Waals surface area contributed by atoms with Gasteiger partial charge in [-0.05, 0) is 29.3 Å². The molecule has 4 rings (SSSR count). The second-order valence-electron chi connectivity index (χ2n) is 6.70. The summed E-state index contributed by atoms with van der Waals surface area (Å²) in [6.07, 6.45) is 2.63. The van der Waals surface area contributed by atoms with Gasteiger partial charge in [0.05, 0.1) is 18.1 Å². The number of benzene rings is 1. The summed E-state index contributed by atoms with van der Waals surface area (Å²) in [5.74, 6) is -0.630. The smallest absolute Gasteiger partial charge is 0.363 e. The second-order valence-corrected chi connectivity index (χ2v) is 7.04. The Morgan fingerprint density at radius 2 is 1.79 bits per heavy atom. The number of fused-ring (bicyclic) bond motifs is 1. The van der Waals surface area contributed by atoms with Gasteiger partial charge in [-0.15, -0.1) is 0 Å². The Kier molecular flexibility index (Phi) is 9.15. The molecule has 3 heterocycles. The number of nitrogens with zero attached hydrogens (tertiary/aromatic N) is 7. The van der Waals surface area contributed by atoms with Crippen LogP contribution in [0.5, 0.6) is 0 Å². The van der Waals surface area contributed by atoms with Gasteiger partial charge in [-0.25, -0.2) is 18.7 Å². The van der Waals surface area contributed by atoms with Gasteiger partial charge < -0.3 is 4.90 Å². The van der Waals surface area contributed by atoms with Crippen molar-refractivity contribution in [2.45, 2.75) is 26.6 Å². The third kappa shape index (κ3) is 5.91. The maximum Gasteiger partial charge on any atom is 0.435 e. The summed E-state index contributed by atoms with van der Waals surface area (Å²) in [5.41, 5.74) is -0.190. The molecule has 0 aliphatic rings. The van der Waals surface area contributed by atoms with Crippen molar-refractivity contribution in [3.63, 3.8) is 0 Å². The Balaban J connectivity index is 0.000000970. The van der Waals surface area contributed by atoms with Crippen molar-refractivity contribution < 1.29 is 17.6 Å². The van der Waals surface area contributed by atoms with E-state index in [9.17, 15) is 17.6 Å². The maximum absolute atomic E-state index is 14.9. The van der Waals surface area contributed by atoms with E-state index in [4.69, 9.17) is 11.6 Å². The van der Waals surface area contributed by atoms with Gasteiger partial charge in [0, 0.05) is 26.4 Å². The van der Waals surface area contributed by atoms with Gasteiger partial charge in [0.1, 0.15) is 17.3 Å². The molecule has 0 fully saturated rings. The fourth-order valence-electron chi connectivity index (χ4n) is 2.96. The van der Waals surface area contributed by atoms with E-state index in [0.717, 1.165) is 10.7 Å². The number of halogens is 5. The molecule has 0 saturated heterocycles. The molecule has 1 aromatic carbocycles. The summed E-state index contributed by atoms with van der Waals surface area (Å²) in [5, 5.41) is 8.47. The predicted molar refractivity (Wildman–Crippen MR) is 125 cm³/mol. The zero-order valence-electron chi connectivity index (χ0n) is 18.7. The minimum Gasteiger partial charge on any atom is -0.363 e. The molecule has 0 radical (unpaired) electrons. The average Bonchev–Trinajstić information content (AvgIpc) is 3.42. The molecule has 0 saturated carbocycles. The van der Waals surface area contributed by atoms with Crippen molar-refractivity contribution >= 4 is 37.1 Å². The fourth-order valence-corrected chi connectivity index (χ4v) is 3.09. The molecule has 13 heteroatoms. The summed E-state index contributed by atoms with van der Waals surface area (Å²) < 4.78 is 56.5. The van der Waals surface area contributed by atoms with E-state index < -0.39 is 17.7 Å². The Labute approximate surface area is 200 Å². The topological polar surface area (TPSA) is 64.7 Å². The largest absolute Gasteiger partial charge is 0.435 e. The molecule has 0 unspecified atom stereocenters. The Bertz CT molecular complexity index is 1280. The van der Waals surface area contributed by atoms with Gasteiger partial charge in [-0.3, -0.25) is 0 Å². The van der Waals surface area contributed by atoms with Gasteiger partial charge in [0.15, 0.2) is 11.3 Å². The number of hydrogen-bond donors (Lipinski definition) is 0. The Morgan fingerprint density at radius 3 is 2.38 bits per heavy atom. The molecule has 0 aliphatic heterocycles. The van der Waals surface area contributed by atoms with Crippen molar-refractivity contribution in [3.8, 4) is 11.8 Å². The molecule has 3 aromatic heterocycles. The van der Waals surface area contributed by atoms with Crippen molar-refractivity contribution in [1.82, 2.24) is 29.5 Å². The first-order chi connectivity index (χ1) is 16.1. The van der Waals surface area contributed by atoms with Crippen LogP contribution in [-0.2, 0) is 12.7 Å². The molecule has 0 amide bonds. The average molecular weight is 514 g/mol. The molecule has 0 bridgehead atoms. The zero-order valence-corrected chi connectivity index (χ0v) is 20.4. The van der Waals surface area contributed by atoms with Crippen LogP contribution in [0.4, 0.5) is 23.4 Å². The van der Waals surface area contributed by atoms with E-state index in [2.05, 4.69) is 35.0 Å². The normalized spacial score (nSPS) is 10.8. The third-order valence-corrected chi connectivity index (χ3v) is 4.54. The van der Waals surface area contributed by atoms with Crippen LogP contribution in [0.25, 0.3) is 16.7 Å². The van der Waals surface area contributed by atoms with Crippen molar-refractivity contribution in [3.05, 3.63) is 59.0 Å². The van der Waals surface area contributed by atoms with Gasteiger partial charge in [0.2, 0.25) is 5.28 Å². The Hall–Kier alpha value is -3.00. The second kappa shape index (κ2) is 11.4. The molecule has 4 aromatic rings. The van der Waals surface area contributed by atoms with E-state index in [1.807, 2.05) is 13.8 Å². The summed E-state index contributed by atoms with van der Waals surface area (Å²) in [6, 6.07) is 5.05. The first-order valence-electron chi connectivity index (χ1n) is 9.87. The number of rotatable bonds is 4. The molecular formula is C21H21ClF4N7P. The van der Waals surface area contributed by atoms with E-state index in [1.54, 1.807) is 26.4 Å². The van der Waals surface area contributed by atoms with Crippen LogP contribution in [0.1, 0.15) is 25.1 Å². The predicted octanol–water partition coefficient (Wildman–Crippen LogP) is 5.95. The van der Waals surface area contributed by atoms with E-state index in [-0.39, 0.29) is 23.3 Å². The minimum atomic E-state index is -4.64. The molecule has 34 heavy (non-hydrogen) atoms. The van der Waals surface area contributed by atoms with Crippen molar-refractivity contribution in [2.75, 3.05) is 19.0 Å². The summed E-state index contributed by atoms with van der Waals surface area (Å²) >= 11 is 5.82. The molecule has 0 atom stereocenters. The van der Waals surface area contributed by atoms with E-state index in [0.29, 0.717) is 16.6 Å². The summed E-state index contributed by atoms with van der Waals surface area (Å²) in [4.78, 5) is 9.41. The van der Waals surface area contributed by atoms with Gasteiger partial charge in [-0.1, -0.05) is 19.9 Å². The van der Waals surface area contributed by atoms with Gasteiger partial charge >= 0.3 is 21.0 Å². The van der Waals surface area contributed by atoms with Gasteiger partial charge in [-0.2, -0.15) is 28.4 Å². The molecule has 7 nitrogen and oxygen atoms in total. The summed E-state index contributed by atoms with van der Waals surface area (Å²) in [7, 11) is 6.13. The first-order valence-corrected chi connectivity index (χ1v) is 10.8. The quantitative estimate of drug-likeness (QED) is 0.192. The van der Waals surface area contributed by atoms with E-state index >= 15 is 0 Å². The van der Waals surface area contributed by atoms with Crippen LogP contribution < -0.4 is 4.90 Å². The fraction of sp³-hybridized carbons (Fsp3) is 0.286. The number of alkyl halides is 3. The van der Waals surface area contributed by atoms with Gasteiger partial charge in [0.25, 0.3) is 0 Å². The molecule has 0 N–H and O–H groups in total. The molecular weight excluding hydrogens is 493 g/mol. The summed E-state index contributed by atoms with van der Waals surface area (Å²) in [6.45, 7) is 4.18. The molecule has 180 valence electrons. The SMILES string of the molecule is C#P.CC.CN(C)c1cc(C(F)(F)F)nn1-c1ccc(Cn2ncc3cnc(Cl)nc32)cc1F. The van der Waals surface area contributed by atoms with E-state index in [1.165, 1.54) is 27.9 Å². The minimum absolute atomic E-state index is 0.0566. The molecule has 0 aliphatic carbocycles. The van der Waals surface area contributed by atoms with Crippen LogP contribution in [0.15, 0.2) is 36.7 Å². The number of aromatic nitrogens is 6. The Morgan fingerprint density at radius 1 is 1.12 bits per heavy atom. The maximum atomic E-state index is 14.9. The standard InChI is InChI=1S/C18H14ClF4N7.C2H6.CHP/c1-28(2)15-6-14(18(21,22)23)27-30(15)13-4-3-10(5-12(13)20)9-29-16-11(8-25-29)7-24-17(19)26-16;2*1-2/h3-8H,9H2,1-2H3;1-2H3;1H. The number of hydrogen-bond acceptors (Lipinski definition) is 5. The van der Waals surface area contributed by atoms with Crippen LogP contribution in [0, 0.1) is 11.9 Å². The molecule has 0 spiro atoms. The first kappa shape index (κ1) is 27.2. The monoisotopic (exact) mass is 513 g/mol. The van der Waals surface area contributed by atoms with Crippen LogP contribution in [0.3, 0.4) is 0 Å². The van der Waals surface area contributed by atoms with Crippen LogP contribution in [-0.4, -0.2) is 43.6 Å². The van der Waals surface area contributed by atoms with Crippen molar-refractivity contribution in [1.29, 1.82) is 0 Å². The van der Waals surface area contributed by atoms with Crippen LogP contribution in [0.2, 0.25) is 5.28 Å². The van der Waals surface area contributed by atoms with Crippen molar-refractivity contribution in [2.24, 2.45) is 0 Å². The number of anilines is 1. The zero-order chi connectivity index (χ0) is 25.6. The van der Waals surface area contributed by atoms with Crippen LogP contribution >= 0.6 is 20.3 Å². The third-order valence-electron chi connectivity index (χ3n) is 4.36.